The summed E-state index contributed by atoms with van der Waals surface area (Å²) >= 11 is 0. The molecule has 0 spiro atoms. The first-order valence-corrected chi connectivity index (χ1v) is 5.03. The predicted molar refractivity (Wildman–Crippen MR) is 50.6 cm³/mol. The number of aliphatic carboxylic acids is 1. The van der Waals surface area contributed by atoms with Gasteiger partial charge in [0.25, 0.3) is 0 Å². The third-order valence-corrected chi connectivity index (χ3v) is 2.30. The second kappa shape index (κ2) is 5.55. The Morgan fingerprint density at radius 1 is 1.25 bits per heavy atom. The van der Waals surface area contributed by atoms with Crippen molar-refractivity contribution in [3.63, 3.8) is 0 Å². The summed E-state index contributed by atoms with van der Waals surface area (Å²) in [5.74, 6) is -1.41. The molecule has 1 aliphatic heterocycles. The highest BCUT2D eigenvalue weighted by Gasteiger charge is 2.47. The number of aliphatic hydroxyl groups excluding tert-OH is 3. The first-order valence-electron chi connectivity index (χ1n) is 5.03. The molecule has 7 nitrogen and oxygen atoms in total. The van der Waals surface area contributed by atoms with Crippen molar-refractivity contribution in [3.8, 4) is 0 Å². The zero-order chi connectivity index (χ0) is 12.3. The lowest BCUT2D eigenvalue weighted by Gasteiger charge is -2.38. The Morgan fingerprint density at radius 2 is 1.88 bits per heavy atom. The Morgan fingerprint density at radius 3 is 2.38 bits per heavy atom. The topological polar surface area (TPSA) is 116 Å². The molecule has 1 heterocycles. The molecule has 4 N–H and O–H groups in total. The first kappa shape index (κ1) is 13.3. The molecule has 0 bridgehead atoms. The van der Waals surface area contributed by atoms with Crippen molar-refractivity contribution in [1.29, 1.82) is 0 Å². The number of hydrogen-bond donors (Lipinski definition) is 4. The van der Waals surface area contributed by atoms with E-state index in [1.54, 1.807) is 0 Å². The highest BCUT2D eigenvalue weighted by Crippen LogP contribution is 2.22. The van der Waals surface area contributed by atoms with Crippen LogP contribution in [-0.2, 0) is 14.3 Å². The van der Waals surface area contributed by atoms with Gasteiger partial charge in [-0.25, -0.2) is 4.79 Å². The molecule has 0 amide bonds. The van der Waals surface area contributed by atoms with Gasteiger partial charge in [-0.15, -0.1) is 0 Å². The predicted octanol–water partition coefficient (Wildman–Crippen LogP) is -1.69. The molecule has 5 unspecified atom stereocenters. The minimum atomic E-state index is -1.67. The van der Waals surface area contributed by atoms with Gasteiger partial charge in [-0.3, -0.25) is 0 Å². The summed E-state index contributed by atoms with van der Waals surface area (Å²) in [6.07, 6.45) is -6.91. The molecule has 1 aliphatic rings. The Hall–Kier alpha value is -0.730. The van der Waals surface area contributed by atoms with E-state index in [0.717, 1.165) is 0 Å². The van der Waals surface area contributed by atoms with Crippen LogP contribution < -0.4 is 0 Å². The fourth-order valence-corrected chi connectivity index (χ4v) is 1.42. The van der Waals surface area contributed by atoms with Gasteiger partial charge in [-0.1, -0.05) is 6.92 Å². The Labute approximate surface area is 92.2 Å². The van der Waals surface area contributed by atoms with Crippen molar-refractivity contribution in [1.82, 2.24) is 0 Å². The zero-order valence-corrected chi connectivity index (χ0v) is 8.81. The fraction of sp³-hybridized carbons (Fsp3) is 0.889. The van der Waals surface area contributed by atoms with E-state index in [0.29, 0.717) is 6.42 Å². The van der Waals surface area contributed by atoms with Crippen LogP contribution in [0.25, 0.3) is 0 Å². The van der Waals surface area contributed by atoms with E-state index in [2.05, 4.69) is 0 Å². The van der Waals surface area contributed by atoms with Crippen molar-refractivity contribution in [2.24, 2.45) is 0 Å². The van der Waals surface area contributed by atoms with E-state index >= 15 is 0 Å². The maximum absolute atomic E-state index is 10.7. The minimum Gasteiger partial charge on any atom is -0.479 e. The molecular weight excluding hydrogens is 220 g/mol. The Bertz CT molecular complexity index is 244. The van der Waals surface area contributed by atoms with Crippen LogP contribution in [0.2, 0.25) is 0 Å². The molecule has 1 rings (SSSR count). The standard InChI is InChI=1S/C9H16O7/c1-2-3-15-9-6(12)4(10)5(11)7(16-9)8(13)14/h4-7,9-12H,2-3H2,1H3,(H,13,14). The van der Waals surface area contributed by atoms with Crippen molar-refractivity contribution >= 4 is 5.97 Å². The van der Waals surface area contributed by atoms with E-state index in [-0.39, 0.29) is 6.61 Å². The van der Waals surface area contributed by atoms with Gasteiger partial charge in [0.05, 0.1) is 0 Å². The first-order chi connectivity index (χ1) is 7.49. The lowest BCUT2D eigenvalue weighted by atomic mass is 9.99. The molecular formula is C9H16O7. The van der Waals surface area contributed by atoms with Gasteiger partial charge >= 0.3 is 5.97 Å². The van der Waals surface area contributed by atoms with Crippen LogP contribution in [-0.4, -0.2) is 63.7 Å². The van der Waals surface area contributed by atoms with E-state index < -0.39 is 36.7 Å². The third kappa shape index (κ3) is 2.69. The third-order valence-electron chi connectivity index (χ3n) is 2.30. The van der Waals surface area contributed by atoms with Crippen LogP contribution in [0.4, 0.5) is 0 Å². The lowest BCUT2D eigenvalue weighted by Crippen LogP contribution is -2.60. The average Bonchev–Trinajstić information content (AvgIpc) is 2.24. The maximum Gasteiger partial charge on any atom is 0.335 e. The molecule has 0 aromatic heterocycles. The second-order valence-corrected chi connectivity index (χ2v) is 3.61. The van der Waals surface area contributed by atoms with E-state index in [1.807, 2.05) is 6.92 Å². The summed E-state index contributed by atoms with van der Waals surface area (Å²) in [6, 6.07) is 0. The van der Waals surface area contributed by atoms with Gasteiger partial charge < -0.3 is 29.9 Å². The number of rotatable bonds is 4. The average molecular weight is 236 g/mol. The maximum atomic E-state index is 10.7. The monoisotopic (exact) mass is 236 g/mol. The second-order valence-electron chi connectivity index (χ2n) is 3.61. The van der Waals surface area contributed by atoms with Crippen LogP contribution in [0.5, 0.6) is 0 Å². The van der Waals surface area contributed by atoms with E-state index in [9.17, 15) is 20.1 Å². The SMILES string of the molecule is CCCOC1OC(C(=O)O)C(O)C(O)C1O. The normalized spacial score (nSPS) is 39.6. The van der Waals surface area contributed by atoms with Crippen molar-refractivity contribution in [2.75, 3.05) is 6.61 Å². The summed E-state index contributed by atoms with van der Waals surface area (Å²) in [7, 11) is 0. The smallest absolute Gasteiger partial charge is 0.335 e. The van der Waals surface area contributed by atoms with E-state index in [4.69, 9.17) is 14.6 Å². The van der Waals surface area contributed by atoms with Gasteiger partial charge in [0.15, 0.2) is 12.4 Å². The van der Waals surface area contributed by atoms with Gasteiger partial charge in [0, 0.05) is 6.61 Å². The minimum absolute atomic E-state index is 0.261. The zero-order valence-electron chi connectivity index (χ0n) is 8.81. The molecule has 0 saturated carbocycles. The van der Waals surface area contributed by atoms with Crippen LogP contribution >= 0.6 is 0 Å². The molecule has 5 atom stereocenters. The van der Waals surface area contributed by atoms with Gasteiger partial charge in [0.2, 0.25) is 0 Å². The molecule has 7 heteroatoms. The van der Waals surface area contributed by atoms with Crippen molar-refractivity contribution in [3.05, 3.63) is 0 Å². The van der Waals surface area contributed by atoms with Crippen LogP contribution in [0.1, 0.15) is 13.3 Å². The number of hydrogen-bond acceptors (Lipinski definition) is 6. The summed E-state index contributed by atoms with van der Waals surface area (Å²) in [5, 5.41) is 37.0. The molecule has 0 aliphatic carbocycles. The van der Waals surface area contributed by atoms with Gasteiger partial charge in [-0.05, 0) is 6.42 Å². The van der Waals surface area contributed by atoms with E-state index in [1.165, 1.54) is 0 Å². The quantitative estimate of drug-likeness (QED) is 0.460. The molecule has 0 radical (unpaired) electrons. The summed E-state index contributed by atoms with van der Waals surface area (Å²) in [5.41, 5.74) is 0. The van der Waals surface area contributed by atoms with Gasteiger partial charge in [-0.2, -0.15) is 0 Å². The molecule has 0 aromatic rings. The number of aliphatic hydroxyl groups is 3. The molecule has 0 aromatic carbocycles. The number of carboxylic acids is 1. The highest BCUT2D eigenvalue weighted by molar-refractivity contribution is 5.73. The van der Waals surface area contributed by atoms with Crippen LogP contribution in [0.15, 0.2) is 0 Å². The molecule has 1 saturated heterocycles. The van der Waals surface area contributed by atoms with Crippen LogP contribution in [0, 0.1) is 0 Å². The Kier molecular flexibility index (Phi) is 4.63. The molecule has 16 heavy (non-hydrogen) atoms. The summed E-state index contributed by atoms with van der Waals surface area (Å²) in [4.78, 5) is 10.7. The van der Waals surface area contributed by atoms with Crippen LogP contribution in [0.3, 0.4) is 0 Å². The molecule has 1 fully saturated rings. The Balaban J connectivity index is 2.69. The lowest BCUT2D eigenvalue weighted by molar-refractivity contribution is -0.293. The summed E-state index contributed by atoms with van der Waals surface area (Å²) in [6.45, 7) is 2.09. The van der Waals surface area contributed by atoms with Gasteiger partial charge in [0.1, 0.15) is 18.3 Å². The van der Waals surface area contributed by atoms with Crippen molar-refractivity contribution < 1.29 is 34.7 Å². The van der Waals surface area contributed by atoms with Crippen molar-refractivity contribution in [2.45, 2.75) is 44.1 Å². The highest BCUT2D eigenvalue weighted by atomic mass is 16.7. The number of ether oxygens (including phenoxy) is 2. The number of carbonyl (C=O) groups is 1. The summed E-state index contributed by atoms with van der Waals surface area (Å²) < 4.78 is 9.90. The largest absolute Gasteiger partial charge is 0.479 e. The molecule has 94 valence electrons. The number of carboxylic acid groups (broad SMARTS) is 1. The fourth-order valence-electron chi connectivity index (χ4n) is 1.42.